The standard InChI is InChI=1S/C19H39NO/c1-5-7-9-11-13-18(14-12-10-8-6-2)16-20-19(21)15-17(3)4/h17-18H,5-16H2,1-4H3,(H,20,21). The zero-order chi connectivity index (χ0) is 15.9. The maximum atomic E-state index is 11.8. The molecule has 0 aromatic rings. The van der Waals surface area contributed by atoms with Gasteiger partial charge in [-0.15, -0.1) is 0 Å². The smallest absolute Gasteiger partial charge is 0.220 e. The summed E-state index contributed by atoms with van der Waals surface area (Å²) in [7, 11) is 0. The molecule has 126 valence electrons. The maximum Gasteiger partial charge on any atom is 0.220 e. The lowest BCUT2D eigenvalue weighted by atomic mass is 9.94. The Morgan fingerprint density at radius 3 is 1.81 bits per heavy atom. The van der Waals surface area contributed by atoms with Gasteiger partial charge in [0.15, 0.2) is 0 Å². The van der Waals surface area contributed by atoms with Crippen molar-refractivity contribution in [2.45, 2.75) is 98.3 Å². The van der Waals surface area contributed by atoms with E-state index in [0.29, 0.717) is 18.3 Å². The molecule has 0 atom stereocenters. The Labute approximate surface area is 133 Å². The Balaban J connectivity index is 3.95. The quantitative estimate of drug-likeness (QED) is 0.409. The summed E-state index contributed by atoms with van der Waals surface area (Å²) in [4.78, 5) is 11.8. The average molecular weight is 298 g/mol. The second kappa shape index (κ2) is 14.4. The molecule has 0 fully saturated rings. The lowest BCUT2D eigenvalue weighted by molar-refractivity contribution is -0.122. The van der Waals surface area contributed by atoms with E-state index in [1.165, 1.54) is 64.2 Å². The molecule has 0 aromatic heterocycles. The highest BCUT2D eigenvalue weighted by molar-refractivity contribution is 5.76. The summed E-state index contributed by atoms with van der Waals surface area (Å²) in [6, 6.07) is 0. The number of carbonyl (C=O) groups excluding carboxylic acids is 1. The Morgan fingerprint density at radius 2 is 1.38 bits per heavy atom. The van der Waals surface area contributed by atoms with Crippen LogP contribution in [0.3, 0.4) is 0 Å². The van der Waals surface area contributed by atoms with Crippen molar-refractivity contribution in [1.82, 2.24) is 5.32 Å². The predicted molar refractivity (Wildman–Crippen MR) is 93.5 cm³/mol. The van der Waals surface area contributed by atoms with Gasteiger partial charge in [0.2, 0.25) is 5.91 Å². The maximum absolute atomic E-state index is 11.8. The summed E-state index contributed by atoms with van der Waals surface area (Å²) in [5.74, 6) is 1.38. The SMILES string of the molecule is CCCCCCC(CCCCCC)CNC(=O)CC(C)C. The lowest BCUT2D eigenvalue weighted by Crippen LogP contribution is -2.30. The molecule has 0 radical (unpaired) electrons. The highest BCUT2D eigenvalue weighted by Crippen LogP contribution is 2.18. The second-order valence-corrected chi connectivity index (χ2v) is 6.97. The van der Waals surface area contributed by atoms with Gasteiger partial charge >= 0.3 is 0 Å². The van der Waals surface area contributed by atoms with Crippen molar-refractivity contribution in [3.05, 3.63) is 0 Å². The molecule has 0 aromatic carbocycles. The Kier molecular flexibility index (Phi) is 14.0. The van der Waals surface area contributed by atoms with Gasteiger partial charge in [-0.25, -0.2) is 0 Å². The Morgan fingerprint density at radius 1 is 0.857 bits per heavy atom. The summed E-state index contributed by atoms with van der Waals surface area (Å²) in [6.07, 6.45) is 13.9. The molecule has 0 aliphatic carbocycles. The van der Waals surface area contributed by atoms with Crippen LogP contribution in [0, 0.1) is 11.8 Å². The molecule has 0 heterocycles. The minimum Gasteiger partial charge on any atom is -0.356 e. The van der Waals surface area contributed by atoms with Crippen LogP contribution in [-0.2, 0) is 4.79 Å². The van der Waals surface area contributed by atoms with Crippen LogP contribution in [0.4, 0.5) is 0 Å². The third-order valence-corrected chi connectivity index (χ3v) is 4.11. The van der Waals surface area contributed by atoms with Crippen molar-refractivity contribution in [2.24, 2.45) is 11.8 Å². The van der Waals surface area contributed by atoms with Crippen LogP contribution >= 0.6 is 0 Å². The molecule has 0 spiro atoms. The molecule has 0 bridgehead atoms. The van der Waals surface area contributed by atoms with E-state index in [1.54, 1.807) is 0 Å². The topological polar surface area (TPSA) is 29.1 Å². The van der Waals surface area contributed by atoms with Crippen molar-refractivity contribution < 1.29 is 4.79 Å². The highest BCUT2D eigenvalue weighted by atomic mass is 16.1. The first kappa shape index (κ1) is 20.5. The number of carbonyl (C=O) groups is 1. The normalized spacial score (nSPS) is 11.3. The van der Waals surface area contributed by atoms with Crippen molar-refractivity contribution in [1.29, 1.82) is 0 Å². The van der Waals surface area contributed by atoms with Crippen LogP contribution in [-0.4, -0.2) is 12.5 Å². The van der Waals surface area contributed by atoms with Crippen LogP contribution in [0.15, 0.2) is 0 Å². The number of unbranched alkanes of at least 4 members (excludes halogenated alkanes) is 6. The molecule has 21 heavy (non-hydrogen) atoms. The van der Waals surface area contributed by atoms with Crippen molar-refractivity contribution in [3.8, 4) is 0 Å². The van der Waals surface area contributed by atoms with E-state index < -0.39 is 0 Å². The van der Waals surface area contributed by atoms with Crippen LogP contribution in [0.2, 0.25) is 0 Å². The number of hydrogen-bond donors (Lipinski definition) is 1. The van der Waals surface area contributed by atoms with Gasteiger partial charge in [-0.05, 0) is 24.7 Å². The molecule has 0 saturated heterocycles. The summed E-state index contributed by atoms with van der Waals surface area (Å²) in [5, 5.41) is 3.16. The minimum absolute atomic E-state index is 0.233. The summed E-state index contributed by atoms with van der Waals surface area (Å²) in [6.45, 7) is 9.62. The fraction of sp³-hybridized carbons (Fsp3) is 0.947. The van der Waals surface area contributed by atoms with Gasteiger partial charge < -0.3 is 5.32 Å². The molecule has 1 amide bonds. The van der Waals surface area contributed by atoms with Gasteiger partial charge in [0, 0.05) is 13.0 Å². The number of amides is 1. The Hall–Kier alpha value is -0.530. The first-order valence-electron chi connectivity index (χ1n) is 9.36. The van der Waals surface area contributed by atoms with Gasteiger partial charge in [0.05, 0.1) is 0 Å². The monoisotopic (exact) mass is 297 g/mol. The number of rotatable bonds is 14. The van der Waals surface area contributed by atoms with Crippen LogP contribution in [0.5, 0.6) is 0 Å². The fourth-order valence-electron chi connectivity index (χ4n) is 2.77. The first-order valence-corrected chi connectivity index (χ1v) is 9.36. The van der Waals surface area contributed by atoms with Gasteiger partial charge in [-0.3, -0.25) is 4.79 Å². The minimum atomic E-state index is 0.233. The lowest BCUT2D eigenvalue weighted by Gasteiger charge is -2.18. The zero-order valence-corrected chi connectivity index (χ0v) is 15.0. The van der Waals surface area contributed by atoms with Gasteiger partial charge in [0.25, 0.3) is 0 Å². The second-order valence-electron chi connectivity index (χ2n) is 6.97. The van der Waals surface area contributed by atoms with Crippen LogP contribution < -0.4 is 5.32 Å². The third kappa shape index (κ3) is 14.2. The molecule has 0 aliphatic heterocycles. The molecule has 2 heteroatoms. The molecule has 2 nitrogen and oxygen atoms in total. The largest absolute Gasteiger partial charge is 0.356 e. The highest BCUT2D eigenvalue weighted by Gasteiger charge is 2.11. The molecule has 1 N–H and O–H groups in total. The molecular formula is C19H39NO. The van der Waals surface area contributed by atoms with Crippen LogP contribution in [0.1, 0.15) is 98.3 Å². The van der Waals surface area contributed by atoms with E-state index in [-0.39, 0.29) is 5.91 Å². The van der Waals surface area contributed by atoms with Gasteiger partial charge in [-0.2, -0.15) is 0 Å². The van der Waals surface area contributed by atoms with E-state index in [1.807, 2.05) is 0 Å². The van der Waals surface area contributed by atoms with E-state index in [2.05, 4.69) is 33.0 Å². The van der Waals surface area contributed by atoms with Crippen molar-refractivity contribution in [2.75, 3.05) is 6.54 Å². The predicted octanol–water partition coefficient (Wildman–Crippen LogP) is 5.71. The molecule has 0 aliphatic rings. The summed E-state index contributed by atoms with van der Waals surface area (Å²) >= 11 is 0. The number of hydrogen-bond acceptors (Lipinski definition) is 1. The fourth-order valence-corrected chi connectivity index (χ4v) is 2.77. The number of nitrogens with one attached hydrogen (secondary N) is 1. The molecular weight excluding hydrogens is 258 g/mol. The molecule has 0 rings (SSSR count). The van der Waals surface area contributed by atoms with Gasteiger partial charge in [0.1, 0.15) is 0 Å². The van der Waals surface area contributed by atoms with E-state index in [4.69, 9.17) is 0 Å². The summed E-state index contributed by atoms with van der Waals surface area (Å²) < 4.78 is 0. The third-order valence-electron chi connectivity index (χ3n) is 4.11. The zero-order valence-electron chi connectivity index (χ0n) is 15.0. The van der Waals surface area contributed by atoms with E-state index >= 15 is 0 Å². The molecule has 0 unspecified atom stereocenters. The van der Waals surface area contributed by atoms with Crippen molar-refractivity contribution in [3.63, 3.8) is 0 Å². The van der Waals surface area contributed by atoms with E-state index in [9.17, 15) is 4.79 Å². The summed E-state index contributed by atoms with van der Waals surface area (Å²) in [5.41, 5.74) is 0. The Bertz CT molecular complexity index is 226. The van der Waals surface area contributed by atoms with E-state index in [0.717, 1.165) is 6.54 Å². The van der Waals surface area contributed by atoms with Gasteiger partial charge in [-0.1, -0.05) is 79.1 Å². The van der Waals surface area contributed by atoms with Crippen LogP contribution in [0.25, 0.3) is 0 Å². The molecule has 0 saturated carbocycles. The first-order chi connectivity index (χ1) is 10.1. The van der Waals surface area contributed by atoms with Crippen molar-refractivity contribution >= 4 is 5.91 Å². The average Bonchev–Trinajstić information content (AvgIpc) is 2.43.